The Morgan fingerprint density at radius 2 is 1.00 bits per heavy atom. The molecule has 1 aliphatic heterocycles. The van der Waals surface area contributed by atoms with E-state index in [9.17, 15) is 27.6 Å². The highest BCUT2D eigenvalue weighted by Gasteiger charge is 2.22. The molecule has 1 aliphatic rings. The van der Waals surface area contributed by atoms with Gasteiger partial charge >= 0.3 is 17.9 Å². The number of hydrogen-bond donors (Lipinski definition) is 2. The summed E-state index contributed by atoms with van der Waals surface area (Å²) in [5.74, 6) is -0.680. The van der Waals surface area contributed by atoms with Gasteiger partial charge < -0.3 is 24.3 Å². The van der Waals surface area contributed by atoms with Crippen LogP contribution in [0.15, 0.2) is 29.2 Å². The number of nitrogens with zero attached hydrogens (tertiary/aromatic N) is 4. The van der Waals surface area contributed by atoms with Gasteiger partial charge in [0.05, 0.1) is 58.0 Å². The number of amides is 1. The van der Waals surface area contributed by atoms with Crippen LogP contribution in [0.4, 0.5) is 0 Å². The van der Waals surface area contributed by atoms with Crippen molar-refractivity contribution in [2.75, 3.05) is 119 Å². The Morgan fingerprint density at radius 3 is 1.38 bits per heavy atom. The lowest BCUT2D eigenvalue weighted by molar-refractivity contribution is -0.146. The van der Waals surface area contributed by atoms with E-state index in [4.69, 9.17) is 18.9 Å². The van der Waals surface area contributed by atoms with Gasteiger partial charge in [0, 0.05) is 65.4 Å². The minimum absolute atomic E-state index is 0.0678. The molecule has 2 rings (SSSR count). The molecule has 0 bridgehead atoms. The second-order valence-corrected chi connectivity index (χ2v) is 13.4. The van der Waals surface area contributed by atoms with Gasteiger partial charge in [0.1, 0.15) is 5.75 Å². The molecule has 1 amide bonds. The van der Waals surface area contributed by atoms with E-state index in [0.29, 0.717) is 77.5 Å². The van der Waals surface area contributed by atoms with Gasteiger partial charge in [0.2, 0.25) is 15.9 Å². The van der Waals surface area contributed by atoms with Crippen molar-refractivity contribution in [3.63, 3.8) is 0 Å². The Bertz CT molecular complexity index is 1250. The summed E-state index contributed by atoms with van der Waals surface area (Å²) >= 11 is 0. The van der Waals surface area contributed by atoms with Gasteiger partial charge in [-0.3, -0.25) is 38.8 Å². The fourth-order valence-electron chi connectivity index (χ4n) is 5.16. The number of unbranched alkanes of at least 4 members (excludes halogenated alkanes) is 1. The third kappa shape index (κ3) is 17.5. The van der Waals surface area contributed by atoms with E-state index >= 15 is 0 Å². The molecule has 1 saturated heterocycles. The molecular weight excluding hydrogens is 672 g/mol. The average molecular weight is 729 g/mol. The van der Waals surface area contributed by atoms with Crippen LogP contribution in [-0.2, 0) is 43.4 Å². The van der Waals surface area contributed by atoms with Crippen LogP contribution < -0.4 is 14.8 Å². The SMILES string of the molecule is CCOC(=O)CN1CCN(CC(=O)NCCCCNS(=O)(=O)c2ccc(OC)cc2)CCN(CC(=O)OCC)CCN(CC(=O)OCC)CC1. The molecule has 0 saturated carbocycles. The normalized spacial score (nSPS) is 16.1. The lowest BCUT2D eigenvalue weighted by Crippen LogP contribution is -2.50. The van der Waals surface area contributed by atoms with E-state index in [-0.39, 0.29) is 81.3 Å². The standard InChI is InChI=1S/C33H56N6O10S/c1-5-47-31(41)25-37-18-16-36(17-19-38(26-32(42)48-6-2)21-23-39(22-20-37)27-33(43)49-7-3)24-30(40)34-14-8-9-15-35-50(44,45)29-12-10-28(46-4)11-13-29/h10-13,35H,5-9,14-27H2,1-4H3,(H,34,40). The monoisotopic (exact) mass is 728 g/mol. The van der Waals surface area contributed by atoms with Gasteiger partial charge in [-0.1, -0.05) is 0 Å². The smallest absolute Gasteiger partial charge is 0.320 e. The number of carbonyl (C=O) groups is 4. The van der Waals surface area contributed by atoms with E-state index in [1.54, 1.807) is 32.9 Å². The van der Waals surface area contributed by atoms with E-state index in [0.717, 1.165) is 0 Å². The molecule has 50 heavy (non-hydrogen) atoms. The van der Waals surface area contributed by atoms with Crippen LogP contribution in [0.5, 0.6) is 5.75 Å². The molecule has 0 aliphatic carbocycles. The van der Waals surface area contributed by atoms with Crippen molar-refractivity contribution in [2.45, 2.75) is 38.5 Å². The molecule has 17 heteroatoms. The van der Waals surface area contributed by atoms with Crippen LogP contribution in [0.3, 0.4) is 0 Å². The third-order valence-corrected chi connectivity index (χ3v) is 9.34. The summed E-state index contributed by atoms with van der Waals surface area (Å²) < 4.78 is 48.3. The summed E-state index contributed by atoms with van der Waals surface area (Å²) in [6, 6.07) is 6.12. The first kappa shape index (κ1) is 42.8. The van der Waals surface area contributed by atoms with E-state index in [2.05, 4.69) is 10.0 Å². The summed E-state index contributed by atoms with van der Waals surface area (Å²) in [5.41, 5.74) is 0. The van der Waals surface area contributed by atoms with Crippen molar-refractivity contribution >= 4 is 33.8 Å². The molecule has 16 nitrogen and oxygen atoms in total. The van der Waals surface area contributed by atoms with Crippen molar-refractivity contribution in [2.24, 2.45) is 0 Å². The largest absolute Gasteiger partial charge is 0.497 e. The maximum atomic E-state index is 13.0. The first-order chi connectivity index (χ1) is 24.0. The second kappa shape index (κ2) is 23.9. The first-order valence-corrected chi connectivity index (χ1v) is 18.7. The zero-order chi connectivity index (χ0) is 36.8. The Kier molecular flexibility index (Phi) is 20.5. The van der Waals surface area contributed by atoms with Gasteiger partial charge in [-0.15, -0.1) is 0 Å². The first-order valence-electron chi connectivity index (χ1n) is 17.3. The van der Waals surface area contributed by atoms with Gasteiger partial charge in [-0.05, 0) is 57.9 Å². The van der Waals surface area contributed by atoms with Gasteiger partial charge in [-0.2, -0.15) is 0 Å². The Hall–Kier alpha value is -3.35. The number of benzene rings is 1. The molecule has 1 aromatic carbocycles. The Labute approximate surface area is 296 Å². The van der Waals surface area contributed by atoms with Crippen molar-refractivity contribution in [1.29, 1.82) is 0 Å². The average Bonchev–Trinajstić information content (AvgIpc) is 3.07. The number of ether oxygens (including phenoxy) is 4. The molecule has 0 atom stereocenters. The van der Waals surface area contributed by atoms with Crippen LogP contribution >= 0.6 is 0 Å². The van der Waals surface area contributed by atoms with Crippen LogP contribution in [0.1, 0.15) is 33.6 Å². The number of rotatable bonds is 19. The fourth-order valence-corrected chi connectivity index (χ4v) is 6.23. The van der Waals surface area contributed by atoms with Crippen molar-refractivity contribution in [3.8, 4) is 5.75 Å². The summed E-state index contributed by atoms with van der Waals surface area (Å²) in [7, 11) is -2.15. The lowest BCUT2D eigenvalue weighted by Gasteiger charge is -2.33. The fraction of sp³-hybridized carbons (Fsp3) is 0.697. The Morgan fingerprint density at radius 1 is 0.620 bits per heavy atom. The van der Waals surface area contributed by atoms with E-state index in [1.165, 1.54) is 19.2 Å². The quantitative estimate of drug-likeness (QED) is 0.109. The van der Waals surface area contributed by atoms with Gasteiger partial charge in [-0.25, -0.2) is 13.1 Å². The summed E-state index contributed by atoms with van der Waals surface area (Å²) in [6.07, 6.45) is 1.10. The molecule has 0 spiro atoms. The van der Waals surface area contributed by atoms with Gasteiger partial charge in [0.15, 0.2) is 0 Å². The number of methoxy groups -OCH3 is 1. The summed E-state index contributed by atoms with van der Waals surface area (Å²) in [5, 5.41) is 2.92. The van der Waals surface area contributed by atoms with E-state index < -0.39 is 10.0 Å². The Balaban J connectivity index is 1.99. The van der Waals surface area contributed by atoms with Crippen LogP contribution in [0.2, 0.25) is 0 Å². The molecule has 0 unspecified atom stereocenters. The second-order valence-electron chi connectivity index (χ2n) is 11.7. The van der Waals surface area contributed by atoms with Crippen molar-refractivity contribution in [1.82, 2.24) is 29.6 Å². The highest BCUT2D eigenvalue weighted by atomic mass is 32.2. The maximum Gasteiger partial charge on any atom is 0.320 e. The number of carbonyl (C=O) groups excluding carboxylic acids is 4. The summed E-state index contributed by atoms with van der Waals surface area (Å²) in [6.45, 7) is 10.7. The molecular formula is C33H56N6O10S. The number of nitrogens with one attached hydrogen (secondary N) is 2. The van der Waals surface area contributed by atoms with Crippen LogP contribution in [0.25, 0.3) is 0 Å². The molecule has 284 valence electrons. The van der Waals surface area contributed by atoms with Crippen molar-refractivity contribution in [3.05, 3.63) is 24.3 Å². The highest BCUT2D eigenvalue weighted by Crippen LogP contribution is 2.15. The third-order valence-electron chi connectivity index (χ3n) is 7.86. The zero-order valence-corrected chi connectivity index (χ0v) is 30.8. The predicted molar refractivity (Wildman–Crippen MR) is 186 cm³/mol. The van der Waals surface area contributed by atoms with E-state index in [1.807, 2.05) is 19.6 Å². The molecule has 1 aromatic rings. The van der Waals surface area contributed by atoms with Crippen LogP contribution in [-0.4, -0.2) is 170 Å². The predicted octanol–water partition coefficient (Wildman–Crippen LogP) is -0.219. The minimum atomic E-state index is -3.66. The minimum Gasteiger partial charge on any atom is -0.497 e. The molecule has 1 fully saturated rings. The topological polar surface area (TPSA) is 176 Å². The van der Waals surface area contributed by atoms with Crippen molar-refractivity contribution < 1.29 is 46.5 Å². The molecule has 2 N–H and O–H groups in total. The number of hydrogen-bond acceptors (Lipinski definition) is 14. The molecule has 0 radical (unpaired) electrons. The zero-order valence-electron chi connectivity index (χ0n) is 30.0. The van der Waals surface area contributed by atoms with Crippen LogP contribution in [0, 0.1) is 0 Å². The highest BCUT2D eigenvalue weighted by molar-refractivity contribution is 7.89. The van der Waals surface area contributed by atoms with Gasteiger partial charge in [0.25, 0.3) is 0 Å². The lowest BCUT2D eigenvalue weighted by atomic mass is 10.3. The molecule has 1 heterocycles. The number of sulfonamides is 1. The maximum absolute atomic E-state index is 13.0. The molecule has 0 aromatic heterocycles. The number of esters is 3. The summed E-state index contributed by atoms with van der Waals surface area (Å²) in [4.78, 5) is 58.1.